The van der Waals surface area contributed by atoms with Gasteiger partial charge in [-0.25, -0.2) is 4.79 Å². The molecule has 1 aliphatic rings. The van der Waals surface area contributed by atoms with Gasteiger partial charge in [0.1, 0.15) is 6.04 Å². The number of benzene rings is 1. The van der Waals surface area contributed by atoms with Crippen LogP contribution in [-0.4, -0.2) is 25.7 Å². The number of hydrogen-bond acceptors (Lipinski definition) is 3. The van der Waals surface area contributed by atoms with Crippen LogP contribution >= 0.6 is 22.6 Å². The third-order valence-corrected chi connectivity index (χ3v) is 3.30. The summed E-state index contributed by atoms with van der Waals surface area (Å²) < 4.78 is 5.93. The number of rotatable bonds is 2. The molecule has 0 N–H and O–H groups in total. The van der Waals surface area contributed by atoms with Crippen LogP contribution in [0.2, 0.25) is 0 Å². The molecule has 15 heavy (non-hydrogen) atoms. The third-order valence-electron chi connectivity index (χ3n) is 2.63. The van der Waals surface area contributed by atoms with Gasteiger partial charge in [-0.3, -0.25) is 0 Å². The Morgan fingerprint density at radius 2 is 2.40 bits per heavy atom. The number of esters is 1. The second kappa shape index (κ2) is 4.38. The van der Waals surface area contributed by atoms with E-state index < -0.39 is 0 Å². The molecule has 1 atom stereocenters. The van der Waals surface area contributed by atoms with Crippen molar-refractivity contribution in [1.82, 2.24) is 0 Å². The van der Waals surface area contributed by atoms with E-state index in [0.717, 1.165) is 18.7 Å². The molecule has 1 unspecified atom stereocenters. The fourth-order valence-electron chi connectivity index (χ4n) is 1.73. The lowest BCUT2D eigenvalue weighted by Gasteiger charge is -2.40. The number of ether oxygens (including phenoxy) is 1. The Balaban J connectivity index is 2.15. The summed E-state index contributed by atoms with van der Waals surface area (Å²) >= 11 is 2.27. The lowest BCUT2D eigenvalue weighted by atomic mass is 10.0. The lowest BCUT2D eigenvalue weighted by Crippen LogP contribution is -2.53. The van der Waals surface area contributed by atoms with Crippen molar-refractivity contribution in [3.63, 3.8) is 0 Å². The molecule has 0 aliphatic carbocycles. The molecule has 0 bridgehead atoms. The predicted octanol–water partition coefficient (Wildman–Crippen LogP) is 2.04. The molecule has 4 heteroatoms. The molecule has 1 aromatic rings. The highest BCUT2D eigenvalue weighted by molar-refractivity contribution is 14.1. The smallest absolute Gasteiger partial charge is 0.328 e. The maximum absolute atomic E-state index is 11.4. The summed E-state index contributed by atoms with van der Waals surface area (Å²) in [6, 6.07) is 8.06. The van der Waals surface area contributed by atoms with Crippen molar-refractivity contribution in [3.8, 4) is 0 Å². The largest absolute Gasteiger partial charge is 0.467 e. The molecule has 0 spiro atoms. The molecule has 2 rings (SSSR count). The molecule has 0 aromatic heterocycles. The summed E-state index contributed by atoms with van der Waals surface area (Å²) in [5.41, 5.74) is 1.10. The molecule has 1 heterocycles. The Bertz CT molecular complexity index is 381. The Kier molecular flexibility index (Phi) is 3.14. The molecular formula is C11H12INO2. The van der Waals surface area contributed by atoms with Crippen LogP contribution in [-0.2, 0) is 9.53 Å². The standard InChI is InChI=1S/C11H12INO2/c1-15-11(14)10-5-6-13(10)9-4-2-3-8(12)7-9/h2-4,7,10H,5-6H2,1H3. The third kappa shape index (κ3) is 2.09. The normalized spacial score (nSPS) is 19.6. The Labute approximate surface area is 103 Å². The van der Waals surface area contributed by atoms with Crippen LogP contribution in [0.15, 0.2) is 24.3 Å². The van der Waals surface area contributed by atoms with Gasteiger partial charge in [0.15, 0.2) is 0 Å². The van der Waals surface area contributed by atoms with E-state index >= 15 is 0 Å². The SMILES string of the molecule is COC(=O)C1CCN1c1cccc(I)c1. The maximum Gasteiger partial charge on any atom is 0.328 e. The van der Waals surface area contributed by atoms with Crippen LogP contribution in [0.1, 0.15) is 6.42 Å². The van der Waals surface area contributed by atoms with Gasteiger partial charge >= 0.3 is 5.97 Å². The maximum atomic E-state index is 11.4. The van der Waals surface area contributed by atoms with Gasteiger partial charge < -0.3 is 9.64 Å². The van der Waals surface area contributed by atoms with Gasteiger partial charge in [-0.15, -0.1) is 0 Å². The second-order valence-corrected chi connectivity index (χ2v) is 4.75. The molecule has 1 aromatic carbocycles. The molecule has 0 radical (unpaired) electrons. The molecule has 80 valence electrons. The molecule has 1 aliphatic heterocycles. The monoisotopic (exact) mass is 317 g/mol. The zero-order chi connectivity index (χ0) is 10.8. The lowest BCUT2D eigenvalue weighted by molar-refractivity contribution is -0.143. The van der Waals surface area contributed by atoms with Crippen molar-refractivity contribution in [2.45, 2.75) is 12.5 Å². The fourth-order valence-corrected chi connectivity index (χ4v) is 2.26. The zero-order valence-corrected chi connectivity index (χ0v) is 10.6. The summed E-state index contributed by atoms with van der Waals surface area (Å²) in [4.78, 5) is 13.5. The Hall–Kier alpha value is -0.780. The van der Waals surface area contributed by atoms with Crippen LogP contribution in [0.4, 0.5) is 5.69 Å². The van der Waals surface area contributed by atoms with Gasteiger partial charge in [0.25, 0.3) is 0 Å². The first kappa shape index (κ1) is 10.7. The van der Waals surface area contributed by atoms with Crippen molar-refractivity contribution >= 4 is 34.2 Å². The van der Waals surface area contributed by atoms with Crippen LogP contribution in [0.5, 0.6) is 0 Å². The summed E-state index contributed by atoms with van der Waals surface area (Å²) in [5, 5.41) is 0. The minimum Gasteiger partial charge on any atom is -0.467 e. The Morgan fingerprint density at radius 1 is 1.60 bits per heavy atom. The highest BCUT2D eigenvalue weighted by atomic mass is 127. The number of nitrogens with zero attached hydrogens (tertiary/aromatic N) is 1. The van der Waals surface area contributed by atoms with Crippen LogP contribution in [0, 0.1) is 3.57 Å². The van der Waals surface area contributed by atoms with E-state index in [1.54, 1.807) is 0 Å². The second-order valence-electron chi connectivity index (χ2n) is 3.50. The molecular weight excluding hydrogens is 305 g/mol. The highest BCUT2D eigenvalue weighted by Crippen LogP contribution is 2.28. The summed E-state index contributed by atoms with van der Waals surface area (Å²) in [5.74, 6) is -0.139. The first-order valence-electron chi connectivity index (χ1n) is 4.82. The van der Waals surface area contributed by atoms with Gasteiger partial charge in [-0.1, -0.05) is 6.07 Å². The quantitative estimate of drug-likeness (QED) is 0.618. The van der Waals surface area contributed by atoms with E-state index in [2.05, 4.69) is 33.6 Å². The van der Waals surface area contributed by atoms with E-state index in [9.17, 15) is 4.79 Å². The number of methoxy groups -OCH3 is 1. The van der Waals surface area contributed by atoms with Crippen LogP contribution < -0.4 is 4.90 Å². The first-order valence-corrected chi connectivity index (χ1v) is 5.90. The van der Waals surface area contributed by atoms with E-state index in [-0.39, 0.29) is 12.0 Å². The van der Waals surface area contributed by atoms with Gasteiger partial charge in [0.05, 0.1) is 7.11 Å². The highest BCUT2D eigenvalue weighted by Gasteiger charge is 2.34. The van der Waals surface area contributed by atoms with Crippen molar-refractivity contribution in [2.75, 3.05) is 18.6 Å². The molecule has 1 saturated heterocycles. The minimum atomic E-state index is -0.139. The van der Waals surface area contributed by atoms with Crippen molar-refractivity contribution in [1.29, 1.82) is 0 Å². The topological polar surface area (TPSA) is 29.5 Å². The number of carbonyl (C=O) groups excluding carboxylic acids is 1. The predicted molar refractivity (Wildman–Crippen MR) is 66.9 cm³/mol. The zero-order valence-electron chi connectivity index (χ0n) is 8.44. The number of anilines is 1. The van der Waals surface area contributed by atoms with Gasteiger partial charge in [0, 0.05) is 15.8 Å². The average Bonchev–Trinajstić information content (AvgIpc) is 2.16. The van der Waals surface area contributed by atoms with E-state index in [4.69, 9.17) is 4.74 Å². The van der Waals surface area contributed by atoms with E-state index in [0.29, 0.717) is 0 Å². The summed E-state index contributed by atoms with van der Waals surface area (Å²) in [6.45, 7) is 0.930. The van der Waals surface area contributed by atoms with E-state index in [1.165, 1.54) is 10.7 Å². The summed E-state index contributed by atoms with van der Waals surface area (Å²) in [7, 11) is 1.44. The summed E-state index contributed by atoms with van der Waals surface area (Å²) in [6.07, 6.45) is 0.887. The fraction of sp³-hybridized carbons (Fsp3) is 0.364. The number of halogens is 1. The van der Waals surface area contributed by atoms with E-state index in [1.807, 2.05) is 18.2 Å². The van der Waals surface area contributed by atoms with Crippen molar-refractivity contribution < 1.29 is 9.53 Å². The van der Waals surface area contributed by atoms with Crippen molar-refractivity contribution in [2.24, 2.45) is 0 Å². The first-order chi connectivity index (χ1) is 7.22. The van der Waals surface area contributed by atoms with Crippen LogP contribution in [0.25, 0.3) is 0 Å². The van der Waals surface area contributed by atoms with Gasteiger partial charge in [0.2, 0.25) is 0 Å². The van der Waals surface area contributed by atoms with Crippen LogP contribution in [0.3, 0.4) is 0 Å². The Morgan fingerprint density at radius 3 is 2.93 bits per heavy atom. The van der Waals surface area contributed by atoms with Gasteiger partial charge in [-0.05, 0) is 47.2 Å². The van der Waals surface area contributed by atoms with Crippen molar-refractivity contribution in [3.05, 3.63) is 27.8 Å². The molecule has 0 saturated carbocycles. The molecule has 0 amide bonds. The molecule has 1 fully saturated rings. The average molecular weight is 317 g/mol. The number of hydrogen-bond donors (Lipinski definition) is 0. The van der Waals surface area contributed by atoms with Gasteiger partial charge in [-0.2, -0.15) is 0 Å². The molecule has 3 nitrogen and oxygen atoms in total. The number of carbonyl (C=O) groups is 1. The minimum absolute atomic E-state index is 0.0896.